The molecule has 1 aromatic heterocycles. The van der Waals surface area contributed by atoms with E-state index in [4.69, 9.17) is 5.26 Å². The van der Waals surface area contributed by atoms with Crippen molar-refractivity contribution in [2.45, 2.75) is 19.4 Å². The summed E-state index contributed by atoms with van der Waals surface area (Å²) in [7, 11) is 0. The standard InChI is InChI=1S/C20H14F3N3O3/c1-9(11-3-2-10(8-24)4-14(11)21)25-18(27)6-13-19(28)12-5-15(22)16(23)7-17(12)26-20(13)29/h2-5,7,9H,6H2,1H3,(H,25,27)(H2,26,28,29)/t9-/m0/s1. The minimum atomic E-state index is -1.22. The predicted molar refractivity (Wildman–Crippen MR) is 97.5 cm³/mol. The minimum Gasteiger partial charge on any atom is -0.507 e. The van der Waals surface area contributed by atoms with Crippen LogP contribution >= 0.6 is 0 Å². The number of aromatic amines is 1. The van der Waals surface area contributed by atoms with Gasteiger partial charge in [-0.3, -0.25) is 9.59 Å². The highest BCUT2D eigenvalue weighted by Gasteiger charge is 2.20. The molecule has 0 aliphatic carbocycles. The Balaban J connectivity index is 1.85. The largest absolute Gasteiger partial charge is 0.507 e. The molecule has 1 atom stereocenters. The number of aromatic hydroxyl groups is 1. The van der Waals surface area contributed by atoms with Crippen LogP contribution in [0.2, 0.25) is 0 Å². The number of pyridine rings is 1. The Bertz CT molecular complexity index is 1230. The van der Waals surface area contributed by atoms with E-state index in [9.17, 15) is 27.9 Å². The molecular formula is C20H14F3N3O3. The van der Waals surface area contributed by atoms with E-state index in [0.717, 1.165) is 12.1 Å². The lowest BCUT2D eigenvalue weighted by atomic mass is 10.0. The van der Waals surface area contributed by atoms with Gasteiger partial charge in [0.05, 0.1) is 35.2 Å². The van der Waals surface area contributed by atoms with Gasteiger partial charge in [0.1, 0.15) is 11.6 Å². The van der Waals surface area contributed by atoms with E-state index >= 15 is 0 Å². The summed E-state index contributed by atoms with van der Waals surface area (Å²) in [4.78, 5) is 26.8. The second kappa shape index (κ2) is 7.67. The number of amides is 1. The third-order valence-corrected chi connectivity index (χ3v) is 4.43. The number of benzene rings is 2. The molecule has 2 aromatic carbocycles. The monoisotopic (exact) mass is 401 g/mol. The number of fused-ring (bicyclic) bond motifs is 1. The normalized spacial score (nSPS) is 11.8. The Kier molecular flexibility index (Phi) is 5.28. The maximum atomic E-state index is 14.1. The van der Waals surface area contributed by atoms with Gasteiger partial charge in [0.2, 0.25) is 5.91 Å². The molecule has 3 rings (SSSR count). The fourth-order valence-corrected chi connectivity index (χ4v) is 2.96. The summed E-state index contributed by atoms with van der Waals surface area (Å²) in [6.07, 6.45) is -0.571. The molecule has 1 heterocycles. The Labute approximate surface area is 162 Å². The number of H-pyrrole nitrogens is 1. The number of nitrogens with one attached hydrogen (secondary N) is 2. The number of nitriles is 1. The van der Waals surface area contributed by atoms with Crippen molar-refractivity contribution >= 4 is 16.8 Å². The number of carbonyl (C=O) groups is 1. The fourth-order valence-electron chi connectivity index (χ4n) is 2.96. The molecule has 0 aliphatic heterocycles. The van der Waals surface area contributed by atoms with Crippen LogP contribution in [0.5, 0.6) is 5.75 Å². The van der Waals surface area contributed by atoms with Gasteiger partial charge in [-0.05, 0) is 25.1 Å². The second-order valence-corrected chi connectivity index (χ2v) is 6.41. The van der Waals surface area contributed by atoms with E-state index in [0.29, 0.717) is 6.07 Å². The van der Waals surface area contributed by atoms with E-state index in [1.807, 2.05) is 0 Å². The molecule has 0 spiro atoms. The molecule has 29 heavy (non-hydrogen) atoms. The van der Waals surface area contributed by atoms with Crippen molar-refractivity contribution in [3.63, 3.8) is 0 Å². The molecule has 0 saturated carbocycles. The maximum absolute atomic E-state index is 14.1. The Hall–Kier alpha value is -3.80. The van der Waals surface area contributed by atoms with Crippen LogP contribution in [-0.2, 0) is 11.2 Å². The van der Waals surface area contributed by atoms with Crippen LogP contribution in [0.3, 0.4) is 0 Å². The van der Waals surface area contributed by atoms with Crippen molar-refractivity contribution in [1.82, 2.24) is 10.3 Å². The van der Waals surface area contributed by atoms with Crippen molar-refractivity contribution in [2.75, 3.05) is 0 Å². The summed E-state index contributed by atoms with van der Waals surface area (Å²) in [5, 5.41) is 21.4. The summed E-state index contributed by atoms with van der Waals surface area (Å²) in [6.45, 7) is 1.50. The zero-order valence-electron chi connectivity index (χ0n) is 15.0. The lowest BCUT2D eigenvalue weighted by Gasteiger charge is -2.15. The zero-order chi connectivity index (χ0) is 21.3. The number of carbonyl (C=O) groups excluding carboxylic acids is 1. The number of aromatic nitrogens is 1. The average molecular weight is 401 g/mol. The van der Waals surface area contributed by atoms with E-state index in [1.54, 1.807) is 6.07 Å². The van der Waals surface area contributed by atoms with Crippen molar-refractivity contribution in [3.8, 4) is 11.8 Å². The van der Waals surface area contributed by atoms with Gasteiger partial charge < -0.3 is 15.4 Å². The number of nitrogens with zero attached hydrogens (tertiary/aromatic N) is 1. The second-order valence-electron chi connectivity index (χ2n) is 6.41. The average Bonchev–Trinajstić information content (AvgIpc) is 2.66. The summed E-state index contributed by atoms with van der Waals surface area (Å²) < 4.78 is 40.9. The molecule has 0 unspecified atom stereocenters. The minimum absolute atomic E-state index is 0.122. The predicted octanol–water partition coefficient (Wildman–Crippen LogP) is 2.94. The summed E-state index contributed by atoms with van der Waals surface area (Å²) in [5.74, 6) is -4.45. The van der Waals surface area contributed by atoms with Crippen LogP contribution in [-0.4, -0.2) is 16.0 Å². The summed E-state index contributed by atoms with van der Waals surface area (Å²) >= 11 is 0. The van der Waals surface area contributed by atoms with Gasteiger partial charge >= 0.3 is 0 Å². The van der Waals surface area contributed by atoms with Crippen LogP contribution in [0.4, 0.5) is 13.2 Å². The smallest absolute Gasteiger partial charge is 0.255 e. The molecule has 0 saturated heterocycles. The summed E-state index contributed by atoms with van der Waals surface area (Å²) in [5.41, 5.74) is -1.04. The third-order valence-electron chi connectivity index (χ3n) is 4.43. The van der Waals surface area contributed by atoms with E-state index < -0.39 is 47.1 Å². The van der Waals surface area contributed by atoms with E-state index in [2.05, 4.69) is 10.3 Å². The molecule has 148 valence electrons. The first kappa shape index (κ1) is 19.9. The molecule has 0 fully saturated rings. The van der Waals surface area contributed by atoms with Gasteiger partial charge in [0.25, 0.3) is 5.56 Å². The number of hydrogen-bond donors (Lipinski definition) is 3. The molecular weight excluding hydrogens is 387 g/mol. The number of halogens is 3. The van der Waals surface area contributed by atoms with Crippen LogP contribution in [0, 0.1) is 28.8 Å². The molecule has 6 nitrogen and oxygen atoms in total. The fraction of sp³-hybridized carbons (Fsp3) is 0.150. The van der Waals surface area contributed by atoms with Crippen molar-refractivity contribution in [2.24, 2.45) is 0 Å². The molecule has 0 bridgehead atoms. The molecule has 0 radical (unpaired) electrons. The Morgan fingerprint density at radius 2 is 1.90 bits per heavy atom. The number of rotatable bonds is 4. The van der Waals surface area contributed by atoms with Crippen LogP contribution < -0.4 is 10.9 Å². The molecule has 9 heteroatoms. The van der Waals surface area contributed by atoms with Gasteiger partial charge in [-0.25, -0.2) is 13.2 Å². The maximum Gasteiger partial charge on any atom is 0.255 e. The quantitative estimate of drug-likeness (QED) is 0.625. The molecule has 3 aromatic rings. The highest BCUT2D eigenvalue weighted by Crippen LogP contribution is 2.27. The van der Waals surface area contributed by atoms with Crippen LogP contribution in [0.15, 0.2) is 35.1 Å². The molecule has 3 N–H and O–H groups in total. The van der Waals surface area contributed by atoms with Gasteiger partial charge in [0, 0.05) is 17.0 Å². The Morgan fingerprint density at radius 3 is 2.55 bits per heavy atom. The van der Waals surface area contributed by atoms with Crippen molar-refractivity contribution in [1.29, 1.82) is 5.26 Å². The SMILES string of the molecule is C[C@H](NC(=O)Cc1c(O)c2cc(F)c(F)cc2[nH]c1=O)c1ccc(C#N)cc1F. The highest BCUT2D eigenvalue weighted by atomic mass is 19.2. The van der Waals surface area contributed by atoms with E-state index in [-0.39, 0.29) is 27.6 Å². The Morgan fingerprint density at radius 1 is 1.21 bits per heavy atom. The van der Waals surface area contributed by atoms with Crippen molar-refractivity contribution in [3.05, 3.63) is 74.8 Å². The molecule has 0 aliphatic rings. The first-order valence-electron chi connectivity index (χ1n) is 8.43. The lowest BCUT2D eigenvalue weighted by molar-refractivity contribution is -0.121. The van der Waals surface area contributed by atoms with Gasteiger partial charge in [0.15, 0.2) is 11.6 Å². The topological polar surface area (TPSA) is 106 Å². The van der Waals surface area contributed by atoms with Gasteiger partial charge in [-0.1, -0.05) is 6.07 Å². The third kappa shape index (κ3) is 3.91. The van der Waals surface area contributed by atoms with Crippen LogP contribution in [0.25, 0.3) is 10.9 Å². The zero-order valence-corrected chi connectivity index (χ0v) is 15.0. The number of hydrogen-bond acceptors (Lipinski definition) is 4. The van der Waals surface area contributed by atoms with Gasteiger partial charge in [-0.15, -0.1) is 0 Å². The summed E-state index contributed by atoms with van der Waals surface area (Å²) in [6, 6.07) is 6.24. The van der Waals surface area contributed by atoms with E-state index in [1.165, 1.54) is 19.1 Å². The lowest BCUT2D eigenvalue weighted by Crippen LogP contribution is -2.30. The highest BCUT2D eigenvalue weighted by molar-refractivity contribution is 5.88. The van der Waals surface area contributed by atoms with Crippen molar-refractivity contribution < 1.29 is 23.1 Å². The first-order chi connectivity index (χ1) is 13.7. The van der Waals surface area contributed by atoms with Crippen LogP contribution in [0.1, 0.15) is 29.7 Å². The molecule has 1 amide bonds. The first-order valence-corrected chi connectivity index (χ1v) is 8.43. The van der Waals surface area contributed by atoms with Gasteiger partial charge in [-0.2, -0.15) is 5.26 Å².